The van der Waals surface area contributed by atoms with E-state index in [1.165, 1.54) is 0 Å². The van der Waals surface area contributed by atoms with Crippen LogP contribution in [0.3, 0.4) is 0 Å². The Labute approximate surface area is 194 Å². The van der Waals surface area contributed by atoms with Crippen LogP contribution < -0.4 is 19.9 Å². The Morgan fingerprint density at radius 2 is 1.82 bits per heavy atom. The van der Waals surface area contributed by atoms with E-state index in [0.717, 1.165) is 5.56 Å². The van der Waals surface area contributed by atoms with Crippen molar-refractivity contribution in [2.24, 2.45) is 0 Å². The summed E-state index contributed by atoms with van der Waals surface area (Å²) in [5, 5.41) is 8.53. The number of hydrogen-bond donors (Lipinski definition) is 2. The summed E-state index contributed by atoms with van der Waals surface area (Å²) in [6.07, 6.45) is 0. The van der Waals surface area contributed by atoms with Crippen LogP contribution in [-0.4, -0.2) is 43.4 Å². The van der Waals surface area contributed by atoms with Crippen molar-refractivity contribution in [3.63, 3.8) is 0 Å². The van der Waals surface area contributed by atoms with Gasteiger partial charge >= 0.3 is 0 Å². The lowest BCUT2D eigenvalue weighted by atomic mass is 9.84. The molecule has 2 aromatic carbocycles. The van der Waals surface area contributed by atoms with Gasteiger partial charge in [0.1, 0.15) is 11.6 Å². The van der Waals surface area contributed by atoms with Crippen molar-refractivity contribution in [1.29, 1.82) is 5.41 Å². The average molecular weight is 458 g/mol. The summed E-state index contributed by atoms with van der Waals surface area (Å²) in [7, 11) is 1.55. The fourth-order valence-corrected chi connectivity index (χ4v) is 4.02. The topological polar surface area (TPSA) is 97.9 Å². The summed E-state index contributed by atoms with van der Waals surface area (Å²) < 4.78 is 31.7. The number of methoxy groups -OCH3 is 1. The molecule has 0 radical (unpaired) electrons. The number of nitrogen functional groups attached to an aromatic ring is 1. The third-order valence-corrected chi connectivity index (χ3v) is 5.56. The predicted octanol–water partition coefficient (Wildman–Crippen LogP) is 4.54. The first-order valence-electron chi connectivity index (χ1n) is 11.0. The van der Waals surface area contributed by atoms with Crippen LogP contribution >= 0.6 is 0 Å². The number of hydrogen-bond acceptors (Lipinski definition) is 6. The lowest BCUT2D eigenvalue weighted by Gasteiger charge is -2.24. The molecule has 0 bridgehead atoms. The highest BCUT2D eigenvalue weighted by Gasteiger charge is 2.33. The smallest absolute Gasteiger partial charge is 0.197 e. The van der Waals surface area contributed by atoms with Gasteiger partial charge in [-0.25, -0.2) is 4.39 Å². The zero-order valence-corrected chi connectivity index (χ0v) is 20.1. The SMILES string of the molecule is CCOc1cc2c(c(F)c1OCC)C(=N)N(CC(=O)c1cc(N)c(OC)c(C(C)(C)C)c1)C2. The highest BCUT2D eigenvalue weighted by atomic mass is 19.1. The Kier molecular flexibility index (Phi) is 6.86. The molecule has 0 fully saturated rings. The highest BCUT2D eigenvalue weighted by molar-refractivity contribution is 6.06. The third-order valence-electron chi connectivity index (χ3n) is 5.56. The molecular weight excluding hydrogens is 425 g/mol. The summed E-state index contributed by atoms with van der Waals surface area (Å²) in [4.78, 5) is 14.7. The Morgan fingerprint density at radius 3 is 2.39 bits per heavy atom. The number of benzene rings is 2. The van der Waals surface area contributed by atoms with Gasteiger partial charge in [-0.15, -0.1) is 0 Å². The van der Waals surface area contributed by atoms with Crippen LogP contribution in [-0.2, 0) is 12.0 Å². The van der Waals surface area contributed by atoms with Crippen LogP contribution in [0.25, 0.3) is 0 Å². The Morgan fingerprint density at radius 1 is 1.15 bits per heavy atom. The van der Waals surface area contributed by atoms with Gasteiger partial charge in [-0.1, -0.05) is 20.8 Å². The number of ether oxygens (including phenoxy) is 3. The molecular formula is C25H32FN3O4. The predicted molar refractivity (Wildman–Crippen MR) is 126 cm³/mol. The zero-order valence-electron chi connectivity index (χ0n) is 20.1. The van der Waals surface area contributed by atoms with Gasteiger partial charge in [-0.2, -0.15) is 0 Å². The van der Waals surface area contributed by atoms with E-state index in [1.807, 2.05) is 20.8 Å². The van der Waals surface area contributed by atoms with Gasteiger partial charge in [0.25, 0.3) is 0 Å². The molecule has 2 aromatic rings. The van der Waals surface area contributed by atoms with Crippen molar-refractivity contribution in [3.8, 4) is 17.2 Å². The number of fused-ring (bicyclic) bond motifs is 1. The maximum atomic E-state index is 15.3. The van der Waals surface area contributed by atoms with Crippen molar-refractivity contribution in [1.82, 2.24) is 4.90 Å². The number of carbonyl (C=O) groups excluding carboxylic acids is 1. The molecule has 0 unspecified atom stereocenters. The summed E-state index contributed by atoms with van der Waals surface area (Å²) >= 11 is 0. The quantitative estimate of drug-likeness (QED) is 0.446. The Hall–Kier alpha value is -3.29. The summed E-state index contributed by atoms with van der Waals surface area (Å²) in [5.74, 6) is -0.0702. The summed E-state index contributed by atoms with van der Waals surface area (Å²) in [6, 6.07) is 5.06. The first-order chi connectivity index (χ1) is 15.5. The van der Waals surface area contributed by atoms with E-state index in [4.69, 9.17) is 25.4 Å². The molecule has 0 spiro atoms. The summed E-state index contributed by atoms with van der Waals surface area (Å²) in [6.45, 7) is 10.4. The molecule has 1 aliphatic rings. The lowest BCUT2D eigenvalue weighted by Crippen LogP contribution is -2.30. The zero-order chi connectivity index (χ0) is 24.5. The molecule has 33 heavy (non-hydrogen) atoms. The summed E-state index contributed by atoms with van der Waals surface area (Å²) in [5.41, 5.74) is 8.23. The number of carbonyl (C=O) groups is 1. The lowest BCUT2D eigenvalue weighted by molar-refractivity contribution is 0.0962. The van der Waals surface area contributed by atoms with Crippen LogP contribution in [0, 0.1) is 11.2 Å². The first-order valence-corrected chi connectivity index (χ1v) is 11.0. The number of rotatable bonds is 8. The normalized spacial score (nSPS) is 13.2. The fourth-order valence-electron chi connectivity index (χ4n) is 4.02. The number of halogens is 1. The van der Waals surface area contributed by atoms with Crippen LogP contribution in [0.15, 0.2) is 18.2 Å². The minimum atomic E-state index is -0.638. The molecule has 8 heteroatoms. The Bertz CT molecular complexity index is 1090. The monoisotopic (exact) mass is 457 g/mol. The number of Topliss-reactive ketones (excluding diaryl/α,β-unsaturated/α-hetero) is 1. The van der Waals surface area contributed by atoms with Gasteiger partial charge < -0.3 is 24.8 Å². The van der Waals surface area contributed by atoms with Crippen LogP contribution in [0.4, 0.5) is 10.1 Å². The molecule has 0 aromatic heterocycles. The van der Waals surface area contributed by atoms with Crippen LogP contribution in [0.2, 0.25) is 0 Å². The van der Waals surface area contributed by atoms with Gasteiger partial charge in [0.15, 0.2) is 23.1 Å². The van der Waals surface area contributed by atoms with Gasteiger partial charge in [0.05, 0.1) is 38.1 Å². The van der Waals surface area contributed by atoms with Crippen molar-refractivity contribution >= 4 is 17.3 Å². The number of anilines is 1. The number of nitrogens with zero attached hydrogens (tertiary/aromatic N) is 1. The van der Waals surface area contributed by atoms with E-state index in [-0.39, 0.29) is 48.0 Å². The van der Waals surface area contributed by atoms with Gasteiger partial charge in [-0.3, -0.25) is 10.2 Å². The molecule has 7 nitrogen and oxygen atoms in total. The van der Waals surface area contributed by atoms with E-state index in [9.17, 15) is 4.79 Å². The fraction of sp³-hybridized carbons (Fsp3) is 0.440. The second-order valence-electron chi connectivity index (χ2n) is 8.94. The second-order valence-corrected chi connectivity index (χ2v) is 8.94. The largest absolute Gasteiger partial charge is 0.494 e. The minimum absolute atomic E-state index is 0.00577. The van der Waals surface area contributed by atoms with Crippen LogP contribution in [0.5, 0.6) is 17.2 Å². The molecule has 0 saturated carbocycles. The molecule has 1 aliphatic heterocycles. The molecule has 0 saturated heterocycles. The molecule has 0 atom stereocenters. The highest BCUT2D eigenvalue weighted by Crippen LogP contribution is 2.40. The third kappa shape index (κ3) is 4.60. The second kappa shape index (κ2) is 9.29. The van der Waals surface area contributed by atoms with Crippen molar-refractivity contribution in [2.45, 2.75) is 46.6 Å². The minimum Gasteiger partial charge on any atom is -0.494 e. The average Bonchev–Trinajstić information content (AvgIpc) is 3.04. The molecule has 0 aliphatic carbocycles. The maximum absolute atomic E-state index is 15.3. The number of ketones is 1. The van der Waals surface area contributed by atoms with Gasteiger partial charge in [0.2, 0.25) is 0 Å². The molecule has 178 valence electrons. The molecule has 3 rings (SSSR count). The standard InChI is InChI=1S/C25H32FN3O4/c1-7-32-19-11-15-12-29(24(28)20(15)21(26)23(19)33-8-2)13-18(30)14-9-16(25(3,4)5)22(31-6)17(27)10-14/h9-11,28H,7-8,12-13,27H2,1-6H3. The molecule has 3 N–H and O–H groups in total. The van der Waals surface area contributed by atoms with E-state index >= 15 is 4.39 Å². The van der Waals surface area contributed by atoms with Crippen LogP contribution in [0.1, 0.15) is 61.7 Å². The number of nitrogens with one attached hydrogen (secondary N) is 1. The number of amidine groups is 1. The van der Waals surface area contributed by atoms with E-state index < -0.39 is 5.82 Å². The first kappa shape index (κ1) is 24.4. The van der Waals surface area contributed by atoms with Gasteiger partial charge in [-0.05, 0) is 43.0 Å². The molecule has 1 heterocycles. The number of nitrogens with two attached hydrogens (primary N) is 1. The van der Waals surface area contributed by atoms with E-state index in [1.54, 1.807) is 44.1 Å². The van der Waals surface area contributed by atoms with Crippen molar-refractivity contribution < 1.29 is 23.4 Å². The maximum Gasteiger partial charge on any atom is 0.197 e. The van der Waals surface area contributed by atoms with E-state index in [0.29, 0.717) is 34.9 Å². The van der Waals surface area contributed by atoms with Crippen molar-refractivity contribution in [2.75, 3.05) is 32.6 Å². The van der Waals surface area contributed by atoms with Crippen molar-refractivity contribution in [3.05, 3.63) is 46.3 Å². The van der Waals surface area contributed by atoms with E-state index in [2.05, 4.69) is 0 Å². The molecule has 0 amide bonds. The van der Waals surface area contributed by atoms with Gasteiger partial charge in [0, 0.05) is 17.7 Å². The Balaban J connectivity index is 1.92.